The highest BCUT2D eigenvalue weighted by atomic mass is 16.5. The summed E-state index contributed by atoms with van der Waals surface area (Å²) in [6.45, 7) is 4.86. The smallest absolute Gasteiger partial charge is 0.0952 e. The van der Waals surface area contributed by atoms with E-state index in [0.717, 1.165) is 19.7 Å². The zero-order valence-corrected chi connectivity index (χ0v) is 11.8. The van der Waals surface area contributed by atoms with E-state index >= 15 is 0 Å². The third kappa shape index (κ3) is 3.06. The zero-order chi connectivity index (χ0) is 13.8. The van der Waals surface area contributed by atoms with Crippen molar-refractivity contribution in [3.8, 4) is 0 Å². The lowest BCUT2D eigenvalue weighted by atomic mass is 10.1. The molecule has 1 fully saturated rings. The molecule has 1 aromatic carbocycles. The topological polar surface area (TPSA) is 25.4 Å². The number of pyridine rings is 1. The van der Waals surface area contributed by atoms with Gasteiger partial charge in [0, 0.05) is 31.5 Å². The Balaban J connectivity index is 1.71. The minimum atomic E-state index is 0.170. The summed E-state index contributed by atoms with van der Waals surface area (Å²) in [6.07, 6.45) is 3.93. The van der Waals surface area contributed by atoms with E-state index in [1.807, 2.05) is 24.5 Å². The highest BCUT2D eigenvalue weighted by Crippen LogP contribution is 2.25. The van der Waals surface area contributed by atoms with E-state index in [4.69, 9.17) is 4.74 Å². The molecule has 0 N–H and O–H groups in total. The van der Waals surface area contributed by atoms with Crippen molar-refractivity contribution >= 4 is 0 Å². The molecule has 0 amide bonds. The molecule has 1 saturated heterocycles. The summed E-state index contributed by atoms with van der Waals surface area (Å²) in [7, 11) is 0. The van der Waals surface area contributed by atoms with Crippen molar-refractivity contribution in [1.29, 1.82) is 0 Å². The molecule has 0 aliphatic carbocycles. The molecule has 2 heterocycles. The van der Waals surface area contributed by atoms with E-state index in [1.54, 1.807) is 0 Å². The third-order valence-electron chi connectivity index (χ3n) is 3.84. The van der Waals surface area contributed by atoms with Gasteiger partial charge >= 0.3 is 0 Å². The molecule has 0 radical (unpaired) electrons. The Kier molecular flexibility index (Phi) is 4.09. The van der Waals surface area contributed by atoms with Gasteiger partial charge in [-0.1, -0.05) is 36.4 Å². The molecule has 0 saturated carbocycles. The summed E-state index contributed by atoms with van der Waals surface area (Å²) in [5.41, 5.74) is 2.52. The first kappa shape index (κ1) is 13.3. The first-order valence-electron chi connectivity index (χ1n) is 7.12. The SMILES string of the molecule is C[C@@H]1CO[C@@H](c2ccccc2)CN1Cc1cccnc1. The van der Waals surface area contributed by atoms with Gasteiger partial charge in [0.1, 0.15) is 0 Å². The molecule has 20 heavy (non-hydrogen) atoms. The Bertz CT molecular complexity index is 529. The number of ether oxygens (including phenoxy) is 1. The van der Waals surface area contributed by atoms with Crippen LogP contribution in [0.15, 0.2) is 54.9 Å². The Labute approximate surface area is 120 Å². The van der Waals surface area contributed by atoms with Gasteiger partial charge in [-0.2, -0.15) is 0 Å². The van der Waals surface area contributed by atoms with E-state index < -0.39 is 0 Å². The maximum atomic E-state index is 5.99. The van der Waals surface area contributed by atoms with Gasteiger partial charge in [0.2, 0.25) is 0 Å². The molecule has 3 heteroatoms. The van der Waals surface area contributed by atoms with Gasteiger partial charge in [-0.15, -0.1) is 0 Å². The van der Waals surface area contributed by atoms with Gasteiger partial charge in [-0.25, -0.2) is 0 Å². The van der Waals surface area contributed by atoms with Gasteiger partial charge in [0.05, 0.1) is 12.7 Å². The first-order valence-corrected chi connectivity index (χ1v) is 7.12. The molecule has 2 atom stereocenters. The number of nitrogens with zero attached hydrogens (tertiary/aromatic N) is 2. The summed E-state index contributed by atoms with van der Waals surface area (Å²) < 4.78 is 5.99. The average Bonchev–Trinajstić information content (AvgIpc) is 2.51. The Morgan fingerprint density at radius 1 is 1.20 bits per heavy atom. The fourth-order valence-corrected chi connectivity index (χ4v) is 2.62. The lowest BCUT2D eigenvalue weighted by Crippen LogP contribution is -2.44. The van der Waals surface area contributed by atoms with Crippen molar-refractivity contribution in [1.82, 2.24) is 9.88 Å². The summed E-state index contributed by atoms with van der Waals surface area (Å²) >= 11 is 0. The molecule has 2 aromatic rings. The maximum absolute atomic E-state index is 5.99. The van der Waals surface area contributed by atoms with Gasteiger partial charge in [0.25, 0.3) is 0 Å². The molecular formula is C17H20N2O. The molecule has 104 valence electrons. The molecule has 1 aliphatic heterocycles. The van der Waals surface area contributed by atoms with Crippen LogP contribution in [-0.2, 0) is 11.3 Å². The van der Waals surface area contributed by atoms with Crippen LogP contribution in [0, 0.1) is 0 Å². The number of morpholine rings is 1. The van der Waals surface area contributed by atoms with Crippen molar-refractivity contribution in [2.45, 2.75) is 25.6 Å². The lowest BCUT2D eigenvalue weighted by molar-refractivity contribution is -0.0633. The minimum absolute atomic E-state index is 0.170. The third-order valence-corrected chi connectivity index (χ3v) is 3.84. The molecule has 0 bridgehead atoms. The lowest BCUT2D eigenvalue weighted by Gasteiger charge is -2.38. The standard InChI is InChI=1S/C17H20N2O/c1-14-13-20-17(16-7-3-2-4-8-16)12-19(14)11-15-6-5-9-18-10-15/h2-10,14,17H,11-13H2,1H3/t14-,17-/m1/s1. The predicted molar refractivity (Wildman–Crippen MR) is 79.2 cm³/mol. The largest absolute Gasteiger partial charge is 0.371 e. The van der Waals surface area contributed by atoms with Crippen LogP contribution in [-0.4, -0.2) is 29.1 Å². The predicted octanol–water partition coefficient (Wildman–Crippen LogP) is 3.04. The van der Waals surface area contributed by atoms with Gasteiger partial charge in [-0.05, 0) is 24.1 Å². The second-order valence-corrected chi connectivity index (χ2v) is 5.37. The molecule has 0 spiro atoms. The van der Waals surface area contributed by atoms with Gasteiger partial charge < -0.3 is 4.74 Å². The van der Waals surface area contributed by atoms with Crippen LogP contribution in [0.4, 0.5) is 0 Å². The van der Waals surface area contributed by atoms with Crippen LogP contribution < -0.4 is 0 Å². The number of benzene rings is 1. The fraction of sp³-hybridized carbons (Fsp3) is 0.353. The van der Waals surface area contributed by atoms with E-state index in [2.05, 4.69) is 47.1 Å². The second kappa shape index (κ2) is 6.16. The molecule has 3 nitrogen and oxygen atoms in total. The Morgan fingerprint density at radius 3 is 2.80 bits per heavy atom. The molecule has 0 unspecified atom stereocenters. The van der Waals surface area contributed by atoms with Crippen LogP contribution in [0.3, 0.4) is 0 Å². The molecule has 1 aromatic heterocycles. The van der Waals surface area contributed by atoms with Crippen LogP contribution >= 0.6 is 0 Å². The van der Waals surface area contributed by atoms with Crippen LogP contribution in [0.25, 0.3) is 0 Å². The first-order chi connectivity index (χ1) is 9.83. The number of rotatable bonds is 3. The van der Waals surface area contributed by atoms with Gasteiger partial charge in [-0.3, -0.25) is 9.88 Å². The highest BCUT2D eigenvalue weighted by Gasteiger charge is 2.26. The molecule has 3 rings (SSSR count). The van der Waals surface area contributed by atoms with E-state index in [1.165, 1.54) is 11.1 Å². The maximum Gasteiger partial charge on any atom is 0.0952 e. The van der Waals surface area contributed by atoms with Crippen molar-refractivity contribution in [3.63, 3.8) is 0 Å². The normalized spacial score (nSPS) is 23.6. The van der Waals surface area contributed by atoms with Crippen molar-refractivity contribution in [2.24, 2.45) is 0 Å². The quantitative estimate of drug-likeness (QED) is 0.855. The van der Waals surface area contributed by atoms with E-state index in [-0.39, 0.29) is 6.10 Å². The number of hydrogen-bond donors (Lipinski definition) is 0. The van der Waals surface area contributed by atoms with Crippen molar-refractivity contribution in [2.75, 3.05) is 13.2 Å². The fourth-order valence-electron chi connectivity index (χ4n) is 2.62. The second-order valence-electron chi connectivity index (χ2n) is 5.37. The zero-order valence-electron chi connectivity index (χ0n) is 11.8. The van der Waals surface area contributed by atoms with Crippen LogP contribution in [0.5, 0.6) is 0 Å². The van der Waals surface area contributed by atoms with E-state index in [0.29, 0.717) is 6.04 Å². The Hall–Kier alpha value is -1.71. The number of hydrogen-bond acceptors (Lipinski definition) is 3. The van der Waals surface area contributed by atoms with Crippen LogP contribution in [0.2, 0.25) is 0 Å². The highest BCUT2D eigenvalue weighted by molar-refractivity contribution is 5.19. The monoisotopic (exact) mass is 268 g/mol. The summed E-state index contributed by atoms with van der Waals surface area (Å²) in [6, 6.07) is 15.0. The number of aromatic nitrogens is 1. The summed E-state index contributed by atoms with van der Waals surface area (Å²) in [5.74, 6) is 0. The Morgan fingerprint density at radius 2 is 2.05 bits per heavy atom. The summed E-state index contributed by atoms with van der Waals surface area (Å²) in [4.78, 5) is 6.66. The van der Waals surface area contributed by atoms with Gasteiger partial charge in [0.15, 0.2) is 0 Å². The van der Waals surface area contributed by atoms with Crippen molar-refractivity contribution in [3.05, 3.63) is 66.0 Å². The molecular weight excluding hydrogens is 248 g/mol. The average molecular weight is 268 g/mol. The van der Waals surface area contributed by atoms with Crippen molar-refractivity contribution < 1.29 is 4.74 Å². The molecule has 1 aliphatic rings. The van der Waals surface area contributed by atoms with E-state index in [9.17, 15) is 0 Å². The van der Waals surface area contributed by atoms with Crippen LogP contribution in [0.1, 0.15) is 24.2 Å². The minimum Gasteiger partial charge on any atom is -0.371 e. The summed E-state index contributed by atoms with van der Waals surface area (Å²) in [5, 5.41) is 0.